The van der Waals surface area contributed by atoms with Crippen molar-refractivity contribution in [2.24, 2.45) is 0 Å². The van der Waals surface area contributed by atoms with Gasteiger partial charge in [0.25, 0.3) is 0 Å². The lowest BCUT2D eigenvalue weighted by Gasteiger charge is -2.26. The second-order valence-corrected chi connectivity index (χ2v) is 9.12. The summed E-state index contributed by atoms with van der Waals surface area (Å²) in [5.41, 5.74) is 1.99. The Kier molecular flexibility index (Phi) is 9.17. The molecule has 1 aliphatic rings. The van der Waals surface area contributed by atoms with E-state index in [4.69, 9.17) is 19.3 Å². The summed E-state index contributed by atoms with van der Waals surface area (Å²) in [6, 6.07) is 10.1. The monoisotopic (exact) mass is 528 g/mol. The lowest BCUT2D eigenvalue weighted by Crippen LogP contribution is -2.43. The molecule has 10 heteroatoms. The average Bonchev–Trinajstić information content (AvgIpc) is 3.56. The Hall–Kier alpha value is -3.66. The van der Waals surface area contributed by atoms with Gasteiger partial charge in [0.05, 0.1) is 36.7 Å². The molecule has 8 nitrogen and oxygen atoms in total. The van der Waals surface area contributed by atoms with Crippen molar-refractivity contribution in [1.82, 2.24) is 20.0 Å². The fourth-order valence-corrected chi connectivity index (χ4v) is 4.37. The molecule has 0 unspecified atom stereocenters. The van der Waals surface area contributed by atoms with Crippen LogP contribution in [0.25, 0.3) is 5.69 Å². The van der Waals surface area contributed by atoms with Crippen molar-refractivity contribution < 1.29 is 27.8 Å². The number of ether oxygens (including phenoxy) is 3. The van der Waals surface area contributed by atoms with E-state index in [1.807, 2.05) is 13.8 Å². The highest BCUT2D eigenvalue weighted by Gasteiger charge is 2.28. The van der Waals surface area contributed by atoms with Crippen LogP contribution < -0.4 is 14.8 Å². The molecule has 0 bridgehead atoms. The smallest absolute Gasteiger partial charge is 0.317 e. The number of rotatable bonds is 11. The number of aromatic nitrogens is 2. The summed E-state index contributed by atoms with van der Waals surface area (Å²) in [5, 5.41) is 7.72. The fourth-order valence-electron chi connectivity index (χ4n) is 4.37. The van der Waals surface area contributed by atoms with Crippen molar-refractivity contribution in [3.63, 3.8) is 0 Å². The van der Waals surface area contributed by atoms with Crippen LogP contribution in [0.2, 0.25) is 0 Å². The Morgan fingerprint density at radius 1 is 1.21 bits per heavy atom. The van der Waals surface area contributed by atoms with E-state index < -0.39 is 11.6 Å². The second-order valence-electron chi connectivity index (χ2n) is 9.12. The Labute approximate surface area is 221 Å². The van der Waals surface area contributed by atoms with Crippen LogP contribution in [-0.2, 0) is 17.7 Å². The van der Waals surface area contributed by atoms with Gasteiger partial charge in [-0.05, 0) is 62.1 Å². The normalized spacial score (nSPS) is 14.9. The average molecular weight is 529 g/mol. The van der Waals surface area contributed by atoms with Crippen molar-refractivity contribution in [2.75, 3.05) is 26.8 Å². The number of nitrogens with one attached hydrogen (secondary N) is 1. The second kappa shape index (κ2) is 12.7. The lowest BCUT2D eigenvalue weighted by molar-refractivity contribution is 0.0792. The number of aryl methyl sites for hydroxylation is 1. The molecule has 0 aliphatic carbocycles. The molecule has 0 radical (unpaired) electrons. The Bertz CT molecular complexity index is 1230. The van der Waals surface area contributed by atoms with E-state index in [0.717, 1.165) is 31.4 Å². The van der Waals surface area contributed by atoms with Crippen molar-refractivity contribution in [3.8, 4) is 23.1 Å². The number of methoxy groups -OCH3 is 1. The fraction of sp³-hybridized carbons (Fsp3) is 0.429. The number of benzene rings is 2. The molecular formula is C28H34F2N4O4. The first-order valence-electron chi connectivity index (χ1n) is 13.0. The molecule has 1 saturated heterocycles. The van der Waals surface area contributed by atoms with Crippen LogP contribution in [0.3, 0.4) is 0 Å². The third kappa shape index (κ3) is 6.42. The highest BCUT2D eigenvalue weighted by molar-refractivity contribution is 5.74. The van der Waals surface area contributed by atoms with Gasteiger partial charge in [-0.15, -0.1) is 0 Å². The van der Waals surface area contributed by atoms with Gasteiger partial charge in [-0.2, -0.15) is 5.10 Å². The van der Waals surface area contributed by atoms with E-state index in [1.54, 1.807) is 41.0 Å². The molecule has 2 heterocycles. The van der Waals surface area contributed by atoms with E-state index in [0.29, 0.717) is 48.8 Å². The van der Waals surface area contributed by atoms with Gasteiger partial charge in [-0.1, -0.05) is 13.8 Å². The molecule has 0 saturated carbocycles. The molecule has 2 amide bonds. The Balaban J connectivity index is 1.77. The first-order valence-corrected chi connectivity index (χ1v) is 13.0. The molecule has 2 aromatic carbocycles. The predicted molar refractivity (Wildman–Crippen MR) is 139 cm³/mol. The number of nitrogens with zero attached hydrogens (tertiary/aromatic N) is 3. The maximum Gasteiger partial charge on any atom is 0.317 e. The summed E-state index contributed by atoms with van der Waals surface area (Å²) < 4.78 is 47.0. The van der Waals surface area contributed by atoms with Crippen molar-refractivity contribution >= 4 is 6.03 Å². The van der Waals surface area contributed by atoms with Gasteiger partial charge in [0.2, 0.25) is 5.88 Å². The number of hydrogen-bond donors (Lipinski definition) is 1. The summed E-state index contributed by atoms with van der Waals surface area (Å²) in [6.07, 6.45) is 3.09. The first-order chi connectivity index (χ1) is 18.4. The minimum absolute atomic E-state index is 0.0667. The number of urea groups is 1. The van der Waals surface area contributed by atoms with Crippen LogP contribution in [-0.4, -0.2) is 53.6 Å². The van der Waals surface area contributed by atoms with Crippen LogP contribution >= 0.6 is 0 Å². The predicted octanol–water partition coefficient (Wildman–Crippen LogP) is 5.61. The minimum atomic E-state index is -0.839. The molecule has 0 spiro atoms. The number of amides is 2. The van der Waals surface area contributed by atoms with Gasteiger partial charge >= 0.3 is 6.03 Å². The lowest BCUT2D eigenvalue weighted by atomic mass is 10.1. The quantitative estimate of drug-likeness (QED) is 0.350. The highest BCUT2D eigenvalue weighted by Crippen LogP contribution is 2.34. The highest BCUT2D eigenvalue weighted by atomic mass is 19.1. The van der Waals surface area contributed by atoms with Crippen molar-refractivity contribution in [1.29, 1.82) is 0 Å². The first kappa shape index (κ1) is 27.4. The summed E-state index contributed by atoms with van der Waals surface area (Å²) in [4.78, 5) is 14.9. The molecular weight excluding hydrogens is 494 g/mol. The molecule has 204 valence electrons. The molecule has 1 aliphatic heterocycles. The van der Waals surface area contributed by atoms with Crippen LogP contribution in [0.15, 0.2) is 42.5 Å². The summed E-state index contributed by atoms with van der Waals surface area (Å²) >= 11 is 0. The van der Waals surface area contributed by atoms with Crippen LogP contribution in [0, 0.1) is 11.6 Å². The van der Waals surface area contributed by atoms with Crippen molar-refractivity contribution in [2.45, 2.75) is 52.2 Å². The van der Waals surface area contributed by atoms with E-state index in [1.165, 1.54) is 6.07 Å². The number of carbonyl (C=O) groups is 1. The SMILES string of the molecule is CCCNC(=O)N(Cc1c(CC)nn(-c2ccc(OC)cc2)c1Oc1ccc(F)cc1F)C[C@@H]1CCCO1. The third-order valence-corrected chi connectivity index (χ3v) is 6.38. The molecule has 1 atom stereocenters. The number of carbonyl (C=O) groups excluding carboxylic acids is 1. The van der Waals surface area contributed by atoms with E-state index in [2.05, 4.69) is 5.32 Å². The van der Waals surface area contributed by atoms with E-state index >= 15 is 0 Å². The zero-order chi connectivity index (χ0) is 27.1. The molecule has 1 N–H and O–H groups in total. The zero-order valence-electron chi connectivity index (χ0n) is 22.0. The van der Waals surface area contributed by atoms with E-state index in [9.17, 15) is 13.6 Å². The van der Waals surface area contributed by atoms with Gasteiger partial charge in [-0.3, -0.25) is 0 Å². The van der Waals surface area contributed by atoms with Gasteiger partial charge in [0.1, 0.15) is 11.6 Å². The van der Waals surface area contributed by atoms with Gasteiger partial charge in [0.15, 0.2) is 11.6 Å². The summed E-state index contributed by atoms with van der Waals surface area (Å²) in [5.74, 6) is -0.778. The van der Waals surface area contributed by atoms with Crippen LogP contribution in [0.5, 0.6) is 17.4 Å². The van der Waals surface area contributed by atoms with E-state index in [-0.39, 0.29) is 30.3 Å². The third-order valence-electron chi connectivity index (χ3n) is 6.38. The Morgan fingerprint density at radius 2 is 2.00 bits per heavy atom. The van der Waals surface area contributed by atoms with Crippen molar-refractivity contribution in [3.05, 3.63) is 65.4 Å². The Morgan fingerprint density at radius 3 is 2.63 bits per heavy atom. The molecule has 4 rings (SSSR count). The van der Waals surface area contributed by atoms with Crippen LogP contribution in [0.4, 0.5) is 13.6 Å². The number of hydrogen-bond acceptors (Lipinski definition) is 5. The van der Waals surface area contributed by atoms with Gasteiger partial charge < -0.3 is 24.4 Å². The summed E-state index contributed by atoms with van der Waals surface area (Å²) in [6.45, 7) is 5.72. The maximum atomic E-state index is 14.7. The molecule has 1 aromatic heterocycles. The topological polar surface area (TPSA) is 77.9 Å². The molecule has 38 heavy (non-hydrogen) atoms. The van der Waals surface area contributed by atoms with Gasteiger partial charge in [-0.25, -0.2) is 18.3 Å². The summed E-state index contributed by atoms with van der Waals surface area (Å²) in [7, 11) is 1.58. The zero-order valence-corrected chi connectivity index (χ0v) is 22.0. The van der Waals surface area contributed by atoms with Crippen LogP contribution in [0.1, 0.15) is 44.4 Å². The maximum absolute atomic E-state index is 14.7. The molecule has 3 aromatic rings. The van der Waals surface area contributed by atoms with Gasteiger partial charge in [0, 0.05) is 25.8 Å². The standard InChI is InChI=1S/C28H34F2N4O4/c1-4-14-31-28(35)33(17-22-7-6-15-37-22)18-23-25(5-2)32-34(20-9-11-21(36-3)12-10-20)27(23)38-26-13-8-19(29)16-24(26)30/h8-13,16,22H,4-7,14-15,17-18H2,1-3H3,(H,31,35)/t22-/m0/s1. The largest absolute Gasteiger partial charge is 0.497 e. The molecule has 1 fully saturated rings. The number of halogens is 2. The minimum Gasteiger partial charge on any atom is -0.497 e.